The molecular formula is C26H23FN4OS. The molecule has 5 rings (SSSR count). The Morgan fingerprint density at radius 1 is 1.00 bits per heavy atom. The maximum atomic E-state index is 14.9. The number of aromatic hydroxyl groups is 1. The number of halogens is 1. The first-order valence-corrected chi connectivity index (χ1v) is 11.1. The van der Waals surface area contributed by atoms with E-state index in [0.29, 0.717) is 10.8 Å². The molecule has 1 aliphatic heterocycles. The minimum atomic E-state index is -0.333. The van der Waals surface area contributed by atoms with Crippen LogP contribution in [0.4, 0.5) is 10.1 Å². The van der Waals surface area contributed by atoms with E-state index in [9.17, 15) is 9.50 Å². The van der Waals surface area contributed by atoms with Crippen LogP contribution in [0, 0.1) is 19.7 Å². The molecule has 4 aromatic rings. The summed E-state index contributed by atoms with van der Waals surface area (Å²) in [5.74, 6) is -0.117. The molecule has 33 heavy (non-hydrogen) atoms. The molecule has 0 bridgehead atoms. The molecule has 0 amide bonds. The third kappa shape index (κ3) is 3.64. The average molecular weight is 459 g/mol. The minimum Gasteiger partial charge on any atom is -0.508 e. The number of nitrogens with one attached hydrogen (secondary N) is 1. The highest BCUT2D eigenvalue weighted by molar-refractivity contribution is 7.80. The molecule has 2 unspecified atom stereocenters. The van der Waals surface area contributed by atoms with Gasteiger partial charge in [-0.3, -0.25) is 4.98 Å². The van der Waals surface area contributed by atoms with E-state index in [1.54, 1.807) is 30.5 Å². The number of rotatable bonds is 4. The van der Waals surface area contributed by atoms with Crippen LogP contribution in [0.5, 0.6) is 5.75 Å². The van der Waals surface area contributed by atoms with Gasteiger partial charge in [0, 0.05) is 23.3 Å². The summed E-state index contributed by atoms with van der Waals surface area (Å²) in [6.07, 6.45) is 1.75. The van der Waals surface area contributed by atoms with Crippen molar-refractivity contribution in [1.82, 2.24) is 14.9 Å². The van der Waals surface area contributed by atoms with Crippen LogP contribution in [0.2, 0.25) is 0 Å². The van der Waals surface area contributed by atoms with Crippen molar-refractivity contribution >= 4 is 23.0 Å². The third-order valence-electron chi connectivity index (χ3n) is 6.11. The Morgan fingerprint density at radius 2 is 1.73 bits per heavy atom. The zero-order valence-electron chi connectivity index (χ0n) is 18.2. The molecule has 0 aliphatic carbocycles. The quantitative estimate of drug-likeness (QED) is 0.395. The number of para-hydroxylation sites is 1. The monoisotopic (exact) mass is 458 g/mol. The number of aryl methyl sites for hydroxylation is 1. The normalized spacial score (nSPS) is 17.9. The van der Waals surface area contributed by atoms with Crippen LogP contribution in [0.25, 0.3) is 5.69 Å². The molecule has 0 spiro atoms. The summed E-state index contributed by atoms with van der Waals surface area (Å²) in [5, 5.41) is 13.6. The smallest absolute Gasteiger partial charge is 0.174 e. The van der Waals surface area contributed by atoms with Gasteiger partial charge < -0.3 is 19.9 Å². The molecule has 1 aliphatic rings. The molecule has 2 aromatic heterocycles. The maximum Gasteiger partial charge on any atom is 0.174 e. The molecule has 5 nitrogen and oxygen atoms in total. The van der Waals surface area contributed by atoms with E-state index in [1.165, 1.54) is 6.07 Å². The van der Waals surface area contributed by atoms with E-state index < -0.39 is 0 Å². The van der Waals surface area contributed by atoms with Gasteiger partial charge in [0.1, 0.15) is 11.6 Å². The zero-order valence-corrected chi connectivity index (χ0v) is 19.1. The van der Waals surface area contributed by atoms with Crippen molar-refractivity contribution in [2.75, 3.05) is 4.90 Å². The number of thiocarbonyl (C=S) groups is 1. The number of phenolic OH excluding ortho intramolecular Hbond substituents is 1. The largest absolute Gasteiger partial charge is 0.508 e. The Balaban J connectivity index is 1.69. The Kier molecular flexibility index (Phi) is 5.34. The van der Waals surface area contributed by atoms with Crippen molar-refractivity contribution in [1.29, 1.82) is 0 Å². The van der Waals surface area contributed by atoms with Gasteiger partial charge in [-0.2, -0.15) is 0 Å². The van der Waals surface area contributed by atoms with Gasteiger partial charge in [-0.25, -0.2) is 4.39 Å². The van der Waals surface area contributed by atoms with Crippen molar-refractivity contribution < 1.29 is 9.50 Å². The summed E-state index contributed by atoms with van der Waals surface area (Å²) in [6, 6.07) is 21.1. The van der Waals surface area contributed by atoms with Gasteiger partial charge in [-0.15, -0.1) is 0 Å². The molecule has 1 fully saturated rings. The molecular weight excluding hydrogens is 435 g/mol. The number of phenols is 1. The lowest BCUT2D eigenvalue weighted by Gasteiger charge is -2.28. The first-order chi connectivity index (χ1) is 16.0. The number of nitrogens with zero attached hydrogens (tertiary/aromatic N) is 3. The van der Waals surface area contributed by atoms with E-state index in [2.05, 4.69) is 20.9 Å². The first kappa shape index (κ1) is 21.2. The molecule has 2 atom stereocenters. The van der Waals surface area contributed by atoms with Crippen LogP contribution in [0.1, 0.15) is 34.7 Å². The lowest BCUT2D eigenvalue weighted by Crippen LogP contribution is -2.30. The number of aromatic nitrogens is 2. The van der Waals surface area contributed by atoms with Gasteiger partial charge in [0.05, 0.1) is 23.5 Å². The third-order valence-corrected chi connectivity index (χ3v) is 6.42. The molecule has 0 radical (unpaired) electrons. The second-order valence-electron chi connectivity index (χ2n) is 8.13. The molecule has 0 saturated carbocycles. The molecule has 166 valence electrons. The van der Waals surface area contributed by atoms with Crippen LogP contribution in [0.15, 0.2) is 79.0 Å². The van der Waals surface area contributed by atoms with Crippen LogP contribution >= 0.6 is 12.2 Å². The van der Waals surface area contributed by atoms with Gasteiger partial charge >= 0.3 is 0 Å². The van der Waals surface area contributed by atoms with Crippen molar-refractivity contribution in [3.05, 3.63) is 107 Å². The average Bonchev–Trinajstić information content (AvgIpc) is 3.31. The highest BCUT2D eigenvalue weighted by atomic mass is 32.1. The fourth-order valence-electron chi connectivity index (χ4n) is 4.66. The maximum absolute atomic E-state index is 14.9. The number of benzene rings is 2. The molecule has 3 heterocycles. The standard InChI is InChI=1S/C26H23FN4OS/c1-16-15-20(17(2)30(16)18-10-12-19(32)13-11-18)25-24(22-8-5-6-14-28-22)29-26(33)31(25)23-9-4-3-7-21(23)27/h3-15,24-25,32H,1-2H3,(H,29,33). The van der Waals surface area contributed by atoms with Crippen LogP contribution < -0.4 is 10.2 Å². The zero-order chi connectivity index (χ0) is 23.1. The second-order valence-corrected chi connectivity index (χ2v) is 8.51. The van der Waals surface area contributed by atoms with E-state index in [1.807, 2.05) is 55.1 Å². The summed E-state index contributed by atoms with van der Waals surface area (Å²) in [6.45, 7) is 4.08. The predicted molar refractivity (Wildman–Crippen MR) is 131 cm³/mol. The topological polar surface area (TPSA) is 53.3 Å². The summed E-state index contributed by atoms with van der Waals surface area (Å²) in [5.41, 5.74) is 5.25. The first-order valence-electron chi connectivity index (χ1n) is 10.7. The summed E-state index contributed by atoms with van der Waals surface area (Å²) in [7, 11) is 0. The Morgan fingerprint density at radius 3 is 2.42 bits per heavy atom. The molecule has 2 aromatic carbocycles. The van der Waals surface area contributed by atoms with Crippen molar-refractivity contribution in [2.24, 2.45) is 0 Å². The number of pyridine rings is 1. The number of hydrogen-bond acceptors (Lipinski definition) is 3. The van der Waals surface area contributed by atoms with Gasteiger partial charge in [-0.05, 0) is 86.2 Å². The Labute approximate surface area is 197 Å². The van der Waals surface area contributed by atoms with Gasteiger partial charge in [0.25, 0.3) is 0 Å². The van der Waals surface area contributed by atoms with Crippen molar-refractivity contribution in [3.63, 3.8) is 0 Å². The van der Waals surface area contributed by atoms with E-state index in [0.717, 1.165) is 28.3 Å². The Hall–Kier alpha value is -3.71. The van der Waals surface area contributed by atoms with E-state index in [-0.39, 0.29) is 23.7 Å². The lowest BCUT2D eigenvalue weighted by molar-refractivity contribution is 0.475. The molecule has 1 saturated heterocycles. The van der Waals surface area contributed by atoms with E-state index in [4.69, 9.17) is 12.2 Å². The summed E-state index contributed by atoms with van der Waals surface area (Å²) >= 11 is 5.71. The predicted octanol–water partition coefficient (Wildman–Crippen LogP) is 5.51. The van der Waals surface area contributed by atoms with Gasteiger partial charge in [0.2, 0.25) is 0 Å². The number of anilines is 1. The minimum absolute atomic E-state index is 0.215. The highest BCUT2D eigenvalue weighted by Gasteiger charge is 2.43. The summed E-state index contributed by atoms with van der Waals surface area (Å²) < 4.78 is 17.1. The van der Waals surface area contributed by atoms with Gasteiger partial charge in [-0.1, -0.05) is 18.2 Å². The Bertz CT molecular complexity index is 1320. The SMILES string of the molecule is Cc1cc(C2C(c3ccccn3)NC(=S)N2c2ccccc2F)c(C)n1-c1ccc(O)cc1. The number of hydrogen-bond donors (Lipinski definition) is 2. The fraction of sp³-hybridized carbons (Fsp3) is 0.154. The van der Waals surface area contributed by atoms with Crippen molar-refractivity contribution in [2.45, 2.75) is 25.9 Å². The van der Waals surface area contributed by atoms with Crippen LogP contribution in [-0.4, -0.2) is 19.8 Å². The molecule has 7 heteroatoms. The second kappa shape index (κ2) is 8.33. The van der Waals surface area contributed by atoms with Crippen LogP contribution in [-0.2, 0) is 0 Å². The molecule has 2 N–H and O–H groups in total. The van der Waals surface area contributed by atoms with Crippen LogP contribution in [0.3, 0.4) is 0 Å². The van der Waals surface area contributed by atoms with Crippen molar-refractivity contribution in [3.8, 4) is 11.4 Å². The summed E-state index contributed by atoms with van der Waals surface area (Å²) in [4.78, 5) is 6.43. The fourth-order valence-corrected chi connectivity index (χ4v) is 5.00. The highest BCUT2D eigenvalue weighted by Crippen LogP contribution is 2.44. The van der Waals surface area contributed by atoms with E-state index >= 15 is 0 Å². The van der Waals surface area contributed by atoms with Gasteiger partial charge in [0.15, 0.2) is 5.11 Å². The lowest BCUT2D eigenvalue weighted by atomic mass is 9.96.